The molecule has 1 unspecified atom stereocenters. The quantitative estimate of drug-likeness (QED) is 0.361. The molecule has 0 saturated carbocycles. The van der Waals surface area contributed by atoms with Crippen LogP contribution in [0.5, 0.6) is 0 Å². The van der Waals surface area contributed by atoms with E-state index in [2.05, 4.69) is 16.4 Å². The van der Waals surface area contributed by atoms with Crippen molar-refractivity contribution in [2.24, 2.45) is 10.7 Å². The number of carbonyl (C=O) groups excluding carboxylic acids is 3. The van der Waals surface area contributed by atoms with Crippen molar-refractivity contribution < 1.29 is 14.4 Å². The van der Waals surface area contributed by atoms with Crippen LogP contribution in [0, 0.1) is 11.3 Å². The van der Waals surface area contributed by atoms with Gasteiger partial charge in [0.05, 0.1) is 18.0 Å². The van der Waals surface area contributed by atoms with Crippen molar-refractivity contribution in [3.8, 4) is 6.07 Å². The SMILES string of the molecule is CN=C(N)C1(C[C@@H](C)NCC(=O)N2CCCC2C#N)c2ccc(C(=O)N(C)C)cc2CCc2cc(C(=O)N(C)C)ccc21. The fraction of sp³-hybridized carbons (Fsp3) is 0.485. The summed E-state index contributed by atoms with van der Waals surface area (Å²) in [6.07, 6.45) is 3.32. The highest BCUT2D eigenvalue weighted by molar-refractivity contribution is 5.99. The Hall–Kier alpha value is -4.23. The Balaban J connectivity index is 1.80. The number of amides is 3. The van der Waals surface area contributed by atoms with Crippen LogP contribution >= 0.6 is 0 Å². The first-order chi connectivity index (χ1) is 20.4. The number of aryl methyl sites for hydroxylation is 2. The zero-order valence-electron chi connectivity index (χ0n) is 26.1. The van der Waals surface area contributed by atoms with Crippen molar-refractivity contribution in [1.82, 2.24) is 20.0 Å². The summed E-state index contributed by atoms with van der Waals surface area (Å²) in [5.74, 6) is 0.149. The molecular formula is C33H43N7O3. The number of nitrogens with two attached hydrogens (primary N) is 1. The van der Waals surface area contributed by atoms with E-state index < -0.39 is 5.41 Å². The van der Waals surface area contributed by atoms with Crippen LogP contribution in [0.3, 0.4) is 0 Å². The Morgan fingerprint density at radius 3 is 2.05 bits per heavy atom. The van der Waals surface area contributed by atoms with Crippen LogP contribution in [0.15, 0.2) is 41.4 Å². The van der Waals surface area contributed by atoms with E-state index in [-0.39, 0.29) is 36.3 Å². The normalized spacial score (nSPS) is 18.1. The largest absolute Gasteiger partial charge is 0.386 e. The summed E-state index contributed by atoms with van der Waals surface area (Å²) < 4.78 is 0. The number of nitriles is 1. The maximum absolute atomic E-state index is 13.0. The van der Waals surface area contributed by atoms with E-state index in [4.69, 9.17) is 5.73 Å². The van der Waals surface area contributed by atoms with Crippen LogP contribution in [-0.4, -0.2) is 98.7 Å². The molecule has 0 spiro atoms. The first-order valence-electron chi connectivity index (χ1n) is 14.8. The minimum atomic E-state index is -0.881. The van der Waals surface area contributed by atoms with Crippen LogP contribution in [0.2, 0.25) is 0 Å². The number of benzene rings is 2. The van der Waals surface area contributed by atoms with Gasteiger partial charge in [0.15, 0.2) is 0 Å². The van der Waals surface area contributed by atoms with Gasteiger partial charge in [-0.1, -0.05) is 12.1 Å². The number of hydrogen-bond donors (Lipinski definition) is 2. The molecule has 0 bridgehead atoms. The summed E-state index contributed by atoms with van der Waals surface area (Å²) in [5, 5.41) is 12.8. The Labute approximate surface area is 254 Å². The molecule has 10 heteroatoms. The first kappa shape index (κ1) is 31.7. The van der Waals surface area contributed by atoms with Crippen molar-refractivity contribution in [2.75, 3.05) is 48.3 Å². The van der Waals surface area contributed by atoms with Crippen LogP contribution in [-0.2, 0) is 23.1 Å². The van der Waals surface area contributed by atoms with Gasteiger partial charge in [0.1, 0.15) is 11.9 Å². The van der Waals surface area contributed by atoms with Gasteiger partial charge in [-0.15, -0.1) is 0 Å². The van der Waals surface area contributed by atoms with Crippen LogP contribution in [0.25, 0.3) is 0 Å². The minimum Gasteiger partial charge on any atom is -0.386 e. The summed E-state index contributed by atoms with van der Waals surface area (Å²) in [5.41, 5.74) is 11.1. The number of nitrogens with one attached hydrogen (secondary N) is 1. The van der Waals surface area contributed by atoms with E-state index in [0.29, 0.717) is 49.2 Å². The third kappa shape index (κ3) is 6.13. The summed E-state index contributed by atoms with van der Waals surface area (Å²) in [6.45, 7) is 2.71. The number of fused-ring (bicyclic) bond motifs is 2. The standard InChI is InChI=1S/C33H43N7O3/c1-21(37-20-29(41)40-15-7-8-26(40)19-34)18-33(32(35)36-2)27-13-11-24(30(42)38(3)4)16-22(27)9-10-23-17-25(12-14-28(23)33)31(43)39(5)6/h11-14,16-17,21,26,37H,7-10,15,18,20H2,1-6H3,(H2,35,36)/t21-,26?/m1/s1. The monoisotopic (exact) mass is 585 g/mol. The summed E-state index contributed by atoms with van der Waals surface area (Å²) in [7, 11) is 8.60. The van der Waals surface area contributed by atoms with Gasteiger partial charge in [-0.25, -0.2) is 0 Å². The molecule has 1 fully saturated rings. The Bertz CT molecular complexity index is 1400. The van der Waals surface area contributed by atoms with Gasteiger partial charge in [-0.05, 0) is 85.5 Å². The van der Waals surface area contributed by atoms with E-state index in [1.165, 1.54) is 0 Å². The second kappa shape index (κ2) is 13.0. The average Bonchev–Trinajstić information content (AvgIpc) is 3.44. The van der Waals surface area contributed by atoms with Crippen molar-refractivity contribution in [3.63, 3.8) is 0 Å². The molecule has 0 aromatic heterocycles. The molecule has 2 aromatic rings. The lowest BCUT2D eigenvalue weighted by Crippen LogP contribution is -2.49. The van der Waals surface area contributed by atoms with E-state index in [1.54, 1.807) is 49.9 Å². The second-order valence-electron chi connectivity index (χ2n) is 12.0. The molecule has 43 heavy (non-hydrogen) atoms. The number of amidine groups is 1. The smallest absolute Gasteiger partial charge is 0.253 e. The van der Waals surface area contributed by atoms with E-state index in [1.807, 2.05) is 43.3 Å². The van der Waals surface area contributed by atoms with Crippen molar-refractivity contribution >= 4 is 23.6 Å². The highest BCUT2D eigenvalue weighted by Gasteiger charge is 2.44. The molecule has 3 N–H and O–H groups in total. The fourth-order valence-electron chi connectivity index (χ4n) is 6.52. The van der Waals surface area contributed by atoms with Crippen LogP contribution in [0.4, 0.5) is 0 Å². The number of nitrogens with zero attached hydrogens (tertiary/aromatic N) is 5. The third-order valence-electron chi connectivity index (χ3n) is 8.71. The topological polar surface area (TPSA) is 135 Å². The van der Waals surface area contributed by atoms with E-state index >= 15 is 0 Å². The van der Waals surface area contributed by atoms with Crippen LogP contribution in [0.1, 0.15) is 69.2 Å². The van der Waals surface area contributed by atoms with Crippen molar-refractivity contribution in [1.29, 1.82) is 5.26 Å². The molecule has 4 rings (SSSR count). The number of rotatable bonds is 8. The van der Waals surface area contributed by atoms with Gasteiger partial charge < -0.3 is 25.8 Å². The third-order valence-corrected chi connectivity index (χ3v) is 8.71. The summed E-state index contributed by atoms with van der Waals surface area (Å²) in [6, 6.07) is 13.2. The lowest BCUT2D eigenvalue weighted by atomic mass is 9.67. The summed E-state index contributed by atoms with van der Waals surface area (Å²) >= 11 is 0. The molecule has 1 heterocycles. The van der Waals surface area contributed by atoms with Gasteiger partial charge in [-0.3, -0.25) is 19.4 Å². The van der Waals surface area contributed by atoms with Gasteiger partial charge in [0.2, 0.25) is 5.91 Å². The lowest BCUT2D eigenvalue weighted by molar-refractivity contribution is -0.130. The minimum absolute atomic E-state index is 0.0858. The highest BCUT2D eigenvalue weighted by Crippen LogP contribution is 2.44. The molecule has 2 aliphatic rings. The maximum Gasteiger partial charge on any atom is 0.253 e. The fourth-order valence-corrected chi connectivity index (χ4v) is 6.52. The molecule has 1 aliphatic carbocycles. The number of carbonyl (C=O) groups is 3. The zero-order valence-corrected chi connectivity index (χ0v) is 26.1. The molecule has 1 saturated heterocycles. The zero-order chi connectivity index (χ0) is 31.5. The van der Waals surface area contributed by atoms with E-state index in [9.17, 15) is 19.6 Å². The highest BCUT2D eigenvalue weighted by atomic mass is 16.2. The van der Waals surface area contributed by atoms with Crippen molar-refractivity contribution in [2.45, 2.75) is 56.5 Å². The van der Waals surface area contributed by atoms with Gasteiger partial charge in [-0.2, -0.15) is 5.26 Å². The van der Waals surface area contributed by atoms with Crippen molar-refractivity contribution in [3.05, 3.63) is 69.8 Å². The lowest BCUT2D eigenvalue weighted by Gasteiger charge is -2.38. The number of aliphatic imine (C=N–C) groups is 1. The van der Waals surface area contributed by atoms with E-state index in [0.717, 1.165) is 28.7 Å². The predicted octanol–water partition coefficient (Wildman–Crippen LogP) is 2.34. The molecule has 0 radical (unpaired) electrons. The predicted molar refractivity (Wildman–Crippen MR) is 167 cm³/mol. The van der Waals surface area contributed by atoms with Gasteiger partial charge in [0.25, 0.3) is 11.8 Å². The molecule has 1 aliphatic heterocycles. The maximum atomic E-state index is 13.0. The number of likely N-dealkylation sites (tertiary alicyclic amines) is 1. The molecule has 2 aromatic carbocycles. The average molecular weight is 586 g/mol. The molecular weight excluding hydrogens is 542 g/mol. The van der Waals surface area contributed by atoms with Gasteiger partial charge >= 0.3 is 0 Å². The first-order valence-corrected chi connectivity index (χ1v) is 14.8. The molecule has 3 amide bonds. The molecule has 2 atom stereocenters. The van der Waals surface area contributed by atoms with Crippen LogP contribution < -0.4 is 11.1 Å². The molecule has 10 nitrogen and oxygen atoms in total. The van der Waals surface area contributed by atoms with Gasteiger partial charge in [0, 0.05) is 59.0 Å². The second-order valence-corrected chi connectivity index (χ2v) is 12.0. The molecule has 228 valence electrons. The summed E-state index contributed by atoms with van der Waals surface area (Å²) in [4.78, 5) is 48.2. The Morgan fingerprint density at radius 2 is 1.58 bits per heavy atom. The Kier molecular flexibility index (Phi) is 9.55. The Morgan fingerprint density at radius 1 is 1.05 bits per heavy atom. The number of hydrogen-bond acceptors (Lipinski definition) is 6.